The van der Waals surface area contributed by atoms with Gasteiger partial charge in [-0.25, -0.2) is 0 Å². The van der Waals surface area contributed by atoms with Gasteiger partial charge in [0, 0.05) is 18.3 Å². The van der Waals surface area contributed by atoms with Crippen molar-refractivity contribution in [2.75, 3.05) is 25.4 Å². The fraction of sp³-hybridized carbons (Fsp3) is 0.538. The van der Waals surface area contributed by atoms with Crippen LogP contribution in [0.4, 0.5) is 18.9 Å². The highest BCUT2D eigenvalue weighted by Gasteiger charge is 2.37. The van der Waals surface area contributed by atoms with Gasteiger partial charge in [0.05, 0.1) is 6.54 Å². The maximum Gasteiger partial charge on any atom is 0.401 e. The highest BCUT2D eigenvalue weighted by Crippen LogP contribution is 2.29. The summed E-state index contributed by atoms with van der Waals surface area (Å²) < 4.78 is 42.6. The molecule has 106 valence electrons. The van der Waals surface area contributed by atoms with Crippen LogP contribution in [0.2, 0.25) is 0 Å². The van der Waals surface area contributed by atoms with Crippen molar-refractivity contribution in [2.24, 2.45) is 0 Å². The highest BCUT2D eigenvalue weighted by atomic mass is 19.4. The first-order valence-electron chi connectivity index (χ1n) is 6.23. The standard InChI is InChI=1S/C13H17F3N2O/c14-13(15,16)9-18(11-3-4-11)7-8-19-12-5-1-10(17)2-6-12/h1-2,5-6,11H,3-4,7-9,17H2. The van der Waals surface area contributed by atoms with Crippen LogP contribution < -0.4 is 10.5 Å². The number of alkyl halides is 3. The summed E-state index contributed by atoms with van der Waals surface area (Å²) >= 11 is 0. The Bertz CT molecular complexity index is 401. The fourth-order valence-corrected chi connectivity index (χ4v) is 1.91. The lowest BCUT2D eigenvalue weighted by Crippen LogP contribution is -2.38. The maximum absolute atomic E-state index is 12.4. The molecule has 19 heavy (non-hydrogen) atoms. The number of anilines is 1. The molecule has 0 heterocycles. The molecular formula is C13H17F3N2O. The van der Waals surface area contributed by atoms with E-state index in [0.717, 1.165) is 12.8 Å². The summed E-state index contributed by atoms with van der Waals surface area (Å²) in [5.41, 5.74) is 6.16. The number of benzene rings is 1. The molecule has 0 aromatic heterocycles. The van der Waals surface area contributed by atoms with Gasteiger partial charge >= 0.3 is 6.18 Å². The lowest BCUT2D eigenvalue weighted by atomic mass is 10.3. The molecule has 0 saturated heterocycles. The largest absolute Gasteiger partial charge is 0.492 e. The normalized spacial score (nSPS) is 15.8. The molecule has 2 N–H and O–H groups in total. The Hall–Kier alpha value is -1.43. The summed E-state index contributed by atoms with van der Waals surface area (Å²) in [6, 6.07) is 6.88. The van der Waals surface area contributed by atoms with E-state index in [-0.39, 0.29) is 19.2 Å². The molecule has 6 heteroatoms. The van der Waals surface area contributed by atoms with Crippen molar-refractivity contribution in [3.63, 3.8) is 0 Å². The zero-order chi connectivity index (χ0) is 13.9. The second-order valence-corrected chi connectivity index (χ2v) is 4.73. The lowest BCUT2D eigenvalue weighted by molar-refractivity contribution is -0.147. The predicted octanol–water partition coefficient (Wildman–Crippen LogP) is 2.67. The van der Waals surface area contributed by atoms with Crippen molar-refractivity contribution in [2.45, 2.75) is 25.1 Å². The second kappa shape index (κ2) is 5.69. The summed E-state index contributed by atoms with van der Waals surface area (Å²) in [7, 11) is 0. The first kappa shape index (κ1) is 14.0. The third-order valence-corrected chi connectivity index (χ3v) is 2.97. The average Bonchev–Trinajstić information content (AvgIpc) is 3.13. The number of nitrogen functional groups attached to an aromatic ring is 1. The third kappa shape index (κ3) is 4.98. The molecule has 0 bridgehead atoms. The van der Waals surface area contributed by atoms with Crippen LogP contribution in [-0.2, 0) is 0 Å². The van der Waals surface area contributed by atoms with Crippen LogP contribution in [0.5, 0.6) is 5.75 Å². The van der Waals surface area contributed by atoms with E-state index in [1.54, 1.807) is 24.3 Å². The van der Waals surface area contributed by atoms with Crippen molar-refractivity contribution in [3.05, 3.63) is 24.3 Å². The number of hydrogen-bond acceptors (Lipinski definition) is 3. The van der Waals surface area contributed by atoms with E-state index >= 15 is 0 Å². The average molecular weight is 274 g/mol. The van der Waals surface area contributed by atoms with E-state index in [2.05, 4.69) is 0 Å². The van der Waals surface area contributed by atoms with Gasteiger partial charge in [0.15, 0.2) is 0 Å². The van der Waals surface area contributed by atoms with Crippen LogP contribution in [0, 0.1) is 0 Å². The molecule has 1 aromatic carbocycles. The van der Waals surface area contributed by atoms with Gasteiger partial charge in [-0.15, -0.1) is 0 Å². The van der Waals surface area contributed by atoms with Gasteiger partial charge in [-0.2, -0.15) is 13.2 Å². The van der Waals surface area contributed by atoms with E-state index in [1.807, 2.05) is 0 Å². The smallest absolute Gasteiger partial charge is 0.401 e. The topological polar surface area (TPSA) is 38.5 Å². The molecule has 1 aromatic rings. The number of halogens is 3. The summed E-state index contributed by atoms with van der Waals surface area (Å²) in [6.07, 6.45) is -2.46. The number of nitrogens with zero attached hydrogens (tertiary/aromatic N) is 1. The molecule has 1 fully saturated rings. The van der Waals surface area contributed by atoms with E-state index < -0.39 is 12.7 Å². The molecule has 1 aliphatic carbocycles. The Morgan fingerprint density at radius 2 is 1.84 bits per heavy atom. The van der Waals surface area contributed by atoms with Gasteiger partial charge in [-0.3, -0.25) is 4.90 Å². The predicted molar refractivity (Wildman–Crippen MR) is 67.0 cm³/mol. The molecule has 0 aliphatic heterocycles. The monoisotopic (exact) mass is 274 g/mol. The van der Waals surface area contributed by atoms with Gasteiger partial charge in [-0.1, -0.05) is 0 Å². The Morgan fingerprint density at radius 1 is 1.21 bits per heavy atom. The molecule has 1 aliphatic rings. The van der Waals surface area contributed by atoms with Crippen molar-refractivity contribution < 1.29 is 17.9 Å². The van der Waals surface area contributed by atoms with Crippen LogP contribution in [0.25, 0.3) is 0 Å². The Balaban J connectivity index is 1.77. The molecule has 3 nitrogen and oxygen atoms in total. The molecular weight excluding hydrogens is 257 g/mol. The summed E-state index contributed by atoms with van der Waals surface area (Å²) in [4.78, 5) is 1.44. The van der Waals surface area contributed by atoms with Crippen molar-refractivity contribution in [3.8, 4) is 5.75 Å². The Kier molecular flexibility index (Phi) is 4.19. The Labute approximate surface area is 110 Å². The zero-order valence-corrected chi connectivity index (χ0v) is 10.5. The van der Waals surface area contributed by atoms with Crippen molar-refractivity contribution in [1.29, 1.82) is 0 Å². The minimum absolute atomic E-state index is 0.0663. The molecule has 0 atom stereocenters. The minimum Gasteiger partial charge on any atom is -0.492 e. The third-order valence-electron chi connectivity index (χ3n) is 2.97. The van der Waals surface area contributed by atoms with Crippen LogP contribution in [0.3, 0.4) is 0 Å². The second-order valence-electron chi connectivity index (χ2n) is 4.73. The van der Waals surface area contributed by atoms with E-state index in [1.165, 1.54) is 4.90 Å². The SMILES string of the molecule is Nc1ccc(OCCN(CC(F)(F)F)C2CC2)cc1. The zero-order valence-electron chi connectivity index (χ0n) is 10.5. The lowest BCUT2D eigenvalue weighted by Gasteiger charge is -2.23. The quantitative estimate of drug-likeness (QED) is 0.811. The first-order chi connectivity index (χ1) is 8.94. The van der Waals surface area contributed by atoms with Crippen molar-refractivity contribution >= 4 is 5.69 Å². The molecule has 1 saturated carbocycles. The van der Waals surface area contributed by atoms with Gasteiger partial charge in [0.25, 0.3) is 0 Å². The van der Waals surface area contributed by atoms with E-state index in [0.29, 0.717) is 11.4 Å². The van der Waals surface area contributed by atoms with Gasteiger partial charge in [0.1, 0.15) is 12.4 Å². The van der Waals surface area contributed by atoms with E-state index in [4.69, 9.17) is 10.5 Å². The van der Waals surface area contributed by atoms with Crippen molar-refractivity contribution in [1.82, 2.24) is 4.90 Å². The number of rotatable bonds is 6. The van der Waals surface area contributed by atoms with Gasteiger partial charge in [-0.05, 0) is 37.1 Å². The molecule has 2 rings (SSSR count). The van der Waals surface area contributed by atoms with Crippen LogP contribution in [0.1, 0.15) is 12.8 Å². The maximum atomic E-state index is 12.4. The summed E-state index contributed by atoms with van der Waals surface area (Å²) in [5.74, 6) is 0.622. The number of ether oxygens (including phenoxy) is 1. The molecule has 0 unspecified atom stereocenters. The molecule has 0 spiro atoms. The first-order valence-corrected chi connectivity index (χ1v) is 6.23. The number of hydrogen-bond donors (Lipinski definition) is 1. The van der Waals surface area contributed by atoms with Crippen LogP contribution >= 0.6 is 0 Å². The van der Waals surface area contributed by atoms with E-state index in [9.17, 15) is 13.2 Å². The Morgan fingerprint density at radius 3 is 2.37 bits per heavy atom. The molecule has 0 amide bonds. The summed E-state index contributed by atoms with van der Waals surface area (Å²) in [6.45, 7) is -0.326. The summed E-state index contributed by atoms with van der Waals surface area (Å²) in [5, 5.41) is 0. The fourth-order valence-electron chi connectivity index (χ4n) is 1.91. The minimum atomic E-state index is -4.15. The van der Waals surface area contributed by atoms with Crippen LogP contribution in [-0.4, -0.2) is 36.8 Å². The molecule has 0 radical (unpaired) electrons. The highest BCUT2D eigenvalue weighted by molar-refractivity contribution is 5.41. The number of nitrogens with two attached hydrogens (primary N) is 1. The van der Waals surface area contributed by atoms with Gasteiger partial charge in [0.2, 0.25) is 0 Å². The van der Waals surface area contributed by atoms with Crippen LogP contribution in [0.15, 0.2) is 24.3 Å². The van der Waals surface area contributed by atoms with Gasteiger partial charge < -0.3 is 10.5 Å².